The van der Waals surface area contributed by atoms with E-state index >= 15 is 0 Å². The van der Waals surface area contributed by atoms with E-state index < -0.39 is 11.9 Å². The second-order valence-corrected chi connectivity index (χ2v) is 10.1. The molecule has 5 rings (SSSR count). The summed E-state index contributed by atoms with van der Waals surface area (Å²) in [5.41, 5.74) is 6.33. The fourth-order valence-electron chi connectivity index (χ4n) is 6.20. The van der Waals surface area contributed by atoms with E-state index in [9.17, 15) is 14.4 Å². The Labute approximate surface area is 174 Å². The van der Waals surface area contributed by atoms with Gasteiger partial charge in [-0.2, -0.15) is 0 Å². The number of nitrogens with one attached hydrogen (secondary N) is 1. The molecule has 8 heteroatoms. The zero-order valence-corrected chi connectivity index (χ0v) is 17.9. The van der Waals surface area contributed by atoms with Crippen molar-refractivity contribution < 1.29 is 24.4 Å². The molecule has 4 saturated carbocycles. The molecular formula is C21H30N3O4S+. The molecular weight excluding hydrogens is 390 g/mol. The van der Waals surface area contributed by atoms with Crippen LogP contribution < -0.4 is 16.4 Å². The number of esters is 1. The minimum atomic E-state index is -0.612. The summed E-state index contributed by atoms with van der Waals surface area (Å²) in [6.45, 7) is 3.90. The number of hydrogen-bond acceptors (Lipinski definition) is 5. The summed E-state index contributed by atoms with van der Waals surface area (Å²) in [4.78, 5) is 37.1. The van der Waals surface area contributed by atoms with E-state index in [4.69, 9.17) is 10.5 Å². The molecule has 4 fully saturated rings. The summed E-state index contributed by atoms with van der Waals surface area (Å²) < 4.78 is 5.11. The van der Waals surface area contributed by atoms with Crippen molar-refractivity contribution >= 4 is 34.1 Å². The van der Waals surface area contributed by atoms with Crippen molar-refractivity contribution in [1.82, 2.24) is 0 Å². The second-order valence-electron chi connectivity index (χ2n) is 9.08. The average molecular weight is 421 g/mol. The van der Waals surface area contributed by atoms with Crippen LogP contribution in [-0.4, -0.2) is 36.5 Å². The first-order valence-electron chi connectivity index (χ1n) is 10.5. The first-order chi connectivity index (χ1) is 13.8. The first-order valence-corrected chi connectivity index (χ1v) is 11.4. The quantitative estimate of drug-likeness (QED) is 0.583. The highest BCUT2D eigenvalue weighted by molar-refractivity contribution is 7.18. The van der Waals surface area contributed by atoms with E-state index in [0.717, 1.165) is 29.1 Å². The van der Waals surface area contributed by atoms with Crippen LogP contribution in [0.25, 0.3) is 0 Å². The molecule has 1 aromatic heterocycles. The maximum Gasteiger partial charge on any atom is 0.341 e. The number of thiophene rings is 1. The number of nitrogens with two attached hydrogens (primary N) is 2. The minimum Gasteiger partial charge on any atom is -0.462 e. The molecule has 4 bridgehead atoms. The highest BCUT2D eigenvalue weighted by atomic mass is 32.1. The first kappa shape index (κ1) is 20.3. The number of carbonyl (C=O) groups excluding carboxylic acids is 3. The van der Waals surface area contributed by atoms with Crippen LogP contribution in [0, 0.1) is 24.7 Å². The number of anilines is 1. The molecule has 29 heavy (non-hydrogen) atoms. The molecule has 0 atom stereocenters. The minimum absolute atomic E-state index is 0.163. The number of amides is 2. The predicted octanol–water partition coefficient (Wildman–Crippen LogP) is 1.80. The van der Waals surface area contributed by atoms with Gasteiger partial charge in [0.1, 0.15) is 5.00 Å². The molecule has 0 saturated heterocycles. The fourth-order valence-corrected chi connectivity index (χ4v) is 7.26. The molecule has 0 unspecified atom stereocenters. The Morgan fingerprint density at radius 3 is 2.28 bits per heavy atom. The summed E-state index contributed by atoms with van der Waals surface area (Å²) >= 11 is 1.04. The van der Waals surface area contributed by atoms with E-state index in [2.05, 4.69) is 10.6 Å². The van der Waals surface area contributed by atoms with Crippen LogP contribution in [0.15, 0.2) is 0 Å². The SMILES string of the molecule is CCOC(=O)c1c(NC(=O)C[NH2+]C23CC4CC(CC(C4)C2)C3)sc(C(N)=O)c1C. The van der Waals surface area contributed by atoms with Gasteiger partial charge in [0.05, 0.1) is 22.6 Å². The topological polar surface area (TPSA) is 115 Å². The Hall–Kier alpha value is -1.93. The number of hydrogen-bond donors (Lipinski definition) is 3. The molecule has 0 radical (unpaired) electrons. The number of primary amides is 1. The fraction of sp³-hybridized carbons (Fsp3) is 0.667. The number of rotatable bonds is 7. The van der Waals surface area contributed by atoms with Crippen LogP contribution >= 0.6 is 11.3 Å². The van der Waals surface area contributed by atoms with Gasteiger partial charge in [-0.25, -0.2) is 4.79 Å². The summed E-state index contributed by atoms with van der Waals surface area (Å²) in [5.74, 6) is 1.16. The van der Waals surface area contributed by atoms with E-state index in [1.54, 1.807) is 13.8 Å². The summed E-state index contributed by atoms with van der Waals surface area (Å²) in [6, 6.07) is 0. The van der Waals surface area contributed by atoms with Gasteiger partial charge in [0.2, 0.25) is 0 Å². The van der Waals surface area contributed by atoms with Gasteiger partial charge >= 0.3 is 5.97 Å². The van der Waals surface area contributed by atoms with Gasteiger partial charge in [-0.3, -0.25) is 9.59 Å². The van der Waals surface area contributed by atoms with Gasteiger partial charge in [0.15, 0.2) is 6.54 Å². The van der Waals surface area contributed by atoms with Crippen LogP contribution in [0.4, 0.5) is 5.00 Å². The van der Waals surface area contributed by atoms with Gasteiger partial charge in [0, 0.05) is 19.3 Å². The Balaban J connectivity index is 1.45. The lowest BCUT2D eigenvalue weighted by atomic mass is 9.53. The van der Waals surface area contributed by atoms with Crippen LogP contribution in [0.3, 0.4) is 0 Å². The normalized spacial score (nSPS) is 29.7. The van der Waals surface area contributed by atoms with Crippen LogP contribution in [-0.2, 0) is 9.53 Å². The van der Waals surface area contributed by atoms with Crippen LogP contribution in [0.2, 0.25) is 0 Å². The Bertz CT molecular complexity index is 812. The lowest BCUT2D eigenvalue weighted by Gasteiger charge is -2.54. The van der Waals surface area contributed by atoms with Crippen LogP contribution in [0.5, 0.6) is 0 Å². The molecule has 1 aromatic rings. The summed E-state index contributed by atoms with van der Waals surface area (Å²) in [7, 11) is 0. The third-order valence-electron chi connectivity index (χ3n) is 6.91. The standard InChI is InChI=1S/C21H29N3O4S/c1-3-28-20(27)16-11(2)17(18(22)26)29-19(16)24-15(25)10-23-21-7-12-4-13(8-21)6-14(5-12)9-21/h12-14,23H,3-10H2,1-2H3,(H2,22,26)(H,24,25)/p+1. The molecule has 2 amide bonds. The van der Waals surface area contributed by atoms with E-state index in [1.807, 2.05) is 0 Å². The lowest BCUT2D eigenvalue weighted by Crippen LogP contribution is -3.00. The number of carbonyl (C=O) groups is 3. The van der Waals surface area contributed by atoms with Crippen molar-refractivity contribution in [3.63, 3.8) is 0 Å². The molecule has 0 spiro atoms. The van der Waals surface area contributed by atoms with E-state index in [1.165, 1.54) is 38.5 Å². The zero-order valence-electron chi connectivity index (χ0n) is 17.1. The van der Waals surface area contributed by atoms with Crippen molar-refractivity contribution in [3.05, 3.63) is 16.0 Å². The van der Waals surface area contributed by atoms with Crippen molar-refractivity contribution in [2.75, 3.05) is 18.5 Å². The Morgan fingerprint density at radius 1 is 1.17 bits per heavy atom. The molecule has 5 N–H and O–H groups in total. The van der Waals surface area contributed by atoms with Crippen molar-refractivity contribution in [1.29, 1.82) is 0 Å². The molecule has 158 valence electrons. The van der Waals surface area contributed by atoms with E-state index in [-0.39, 0.29) is 28.5 Å². The number of quaternary nitrogens is 1. The van der Waals surface area contributed by atoms with Crippen LogP contribution in [0.1, 0.15) is 71.0 Å². The molecule has 4 aliphatic rings. The Morgan fingerprint density at radius 2 is 1.76 bits per heavy atom. The summed E-state index contributed by atoms with van der Waals surface area (Å²) in [6.07, 6.45) is 7.74. The third-order valence-corrected chi connectivity index (χ3v) is 8.13. The maximum atomic E-state index is 12.7. The average Bonchev–Trinajstić information content (AvgIpc) is 2.95. The largest absolute Gasteiger partial charge is 0.462 e. The maximum absolute atomic E-state index is 12.7. The third kappa shape index (κ3) is 3.92. The second kappa shape index (κ2) is 7.72. The van der Waals surface area contributed by atoms with Gasteiger partial charge in [-0.05, 0) is 56.4 Å². The highest BCUT2D eigenvalue weighted by Gasteiger charge is 2.53. The smallest absolute Gasteiger partial charge is 0.341 e. The lowest BCUT2D eigenvalue weighted by molar-refractivity contribution is -0.729. The molecule has 0 aromatic carbocycles. The molecule has 0 aliphatic heterocycles. The molecule has 4 aliphatic carbocycles. The number of ether oxygens (including phenoxy) is 1. The Kier molecular flexibility index (Phi) is 5.42. The van der Waals surface area contributed by atoms with Crippen molar-refractivity contribution in [2.24, 2.45) is 23.5 Å². The monoisotopic (exact) mass is 420 g/mol. The molecule has 1 heterocycles. The summed E-state index contributed by atoms with van der Waals surface area (Å²) in [5, 5.41) is 5.41. The van der Waals surface area contributed by atoms with Crippen molar-refractivity contribution in [3.8, 4) is 0 Å². The zero-order chi connectivity index (χ0) is 20.8. The molecule has 7 nitrogen and oxygen atoms in total. The van der Waals surface area contributed by atoms with Gasteiger partial charge in [0.25, 0.3) is 11.8 Å². The van der Waals surface area contributed by atoms with Crippen molar-refractivity contribution in [2.45, 2.75) is 57.9 Å². The van der Waals surface area contributed by atoms with Gasteiger partial charge < -0.3 is 21.1 Å². The van der Waals surface area contributed by atoms with Gasteiger partial charge in [-0.1, -0.05) is 0 Å². The van der Waals surface area contributed by atoms with Gasteiger partial charge in [-0.15, -0.1) is 11.3 Å². The predicted molar refractivity (Wildman–Crippen MR) is 110 cm³/mol. The van der Waals surface area contributed by atoms with E-state index in [0.29, 0.717) is 17.1 Å². The highest BCUT2D eigenvalue weighted by Crippen LogP contribution is 2.54.